The molecule has 0 unspecified atom stereocenters. The summed E-state index contributed by atoms with van der Waals surface area (Å²) >= 11 is 0. The predicted molar refractivity (Wildman–Crippen MR) is 121 cm³/mol. The predicted octanol–water partition coefficient (Wildman–Crippen LogP) is 5.01. The average molecular weight is 399 g/mol. The molecular formula is C26H30N4. The summed E-state index contributed by atoms with van der Waals surface area (Å²) in [5, 5.41) is 13.0. The number of aryl methyl sites for hydroxylation is 2. The Morgan fingerprint density at radius 2 is 1.83 bits per heavy atom. The maximum Gasteiger partial charge on any atom is 0.106 e. The maximum absolute atomic E-state index is 9.12. The molecule has 1 heterocycles. The highest BCUT2D eigenvalue weighted by molar-refractivity contribution is 5.77. The SMILES string of the molecule is Cc1ccc2c(c1)nc(C)n2C1CCC(NC[C@H]2Cc3ccc(C#N)cc3C2)CC1. The van der Waals surface area contributed by atoms with Crippen molar-refractivity contribution in [3.63, 3.8) is 0 Å². The van der Waals surface area contributed by atoms with Crippen molar-refractivity contribution in [3.05, 3.63) is 64.5 Å². The van der Waals surface area contributed by atoms with Gasteiger partial charge in [-0.2, -0.15) is 5.26 Å². The highest BCUT2D eigenvalue weighted by atomic mass is 15.1. The van der Waals surface area contributed by atoms with Crippen molar-refractivity contribution in [1.82, 2.24) is 14.9 Å². The van der Waals surface area contributed by atoms with Crippen LogP contribution >= 0.6 is 0 Å². The zero-order valence-corrected chi connectivity index (χ0v) is 18.0. The molecule has 2 aliphatic rings. The van der Waals surface area contributed by atoms with Crippen molar-refractivity contribution in [2.45, 2.75) is 64.5 Å². The van der Waals surface area contributed by atoms with Crippen molar-refractivity contribution in [2.75, 3.05) is 6.54 Å². The lowest BCUT2D eigenvalue weighted by Crippen LogP contribution is -2.37. The van der Waals surface area contributed by atoms with Crippen LogP contribution in [0, 0.1) is 31.1 Å². The third-order valence-electron chi connectivity index (χ3n) is 7.13. The fraction of sp³-hybridized carbons (Fsp3) is 0.462. The smallest absolute Gasteiger partial charge is 0.106 e. The third-order valence-corrected chi connectivity index (χ3v) is 7.13. The Balaban J connectivity index is 1.17. The van der Waals surface area contributed by atoms with Crippen molar-refractivity contribution in [2.24, 2.45) is 5.92 Å². The van der Waals surface area contributed by atoms with E-state index >= 15 is 0 Å². The molecule has 0 aliphatic heterocycles. The van der Waals surface area contributed by atoms with Crippen LogP contribution < -0.4 is 5.32 Å². The molecule has 0 saturated heterocycles. The van der Waals surface area contributed by atoms with Crippen LogP contribution in [0.2, 0.25) is 0 Å². The lowest BCUT2D eigenvalue weighted by atomic mass is 9.90. The Morgan fingerprint density at radius 3 is 2.63 bits per heavy atom. The summed E-state index contributed by atoms with van der Waals surface area (Å²) in [7, 11) is 0. The molecule has 2 aliphatic carbocycles. The normalized spacial score (nSPS) is 23.4. The van der Waals surface area contributed by atoms with Crippen molar-refractivity contribution in [3.8, 4) is 6.07 Å². The highest BCUT2D eigenvalue weighted by Gasteiger charge is 2.27. The summed E-state index contributed by atoms with van der Waals surface area (Å²) in [6, 6.07) is 16.3. The summed E-state index contributed by atoms with van der Waals surface area (Å²) in [4.78, 5) is 4.82. The van der Waals surface area contributed by atoms with Crippen molar-refractivity contribution < 1.29 is 0 Å². The van der Waals surface area contributed by atoms with Gasteiger partial charge in [0.25, 0.3) is 0 Å². The largest absolute Gasteiger partial charge is 0.325 e. The van der Waals surface area contributed by atoms with Crippen LogP contribution in [0.25, 0.3) is 11.0 Å². The monoisotopic (exact) mass is 398 g/mol. The van der Waals surface area contributed by atoms with Gasteiger partial charge in [0.1, 0.15) is 5.82 Å². The Bertz CT molecular complexity index is 1110. The van der Waals surface area contributed by atoms with Gasteiger partial charge in [-0.1, -0.05) is 12.1 Å². The summed E-state index contributed by atoms with van der Waals surface area (Å²) < 4.78 is 2.48. The zero-order valence-electron chi connectivity index (χ0n) is 18.0. The lowest BCUT2D eigenvalue weighted by Gasteiger charge is -2.31. The first kappa shape index (κ1) is 19.3. The summed E-state index contributed by atoms with van der Waals surface area (Å²) in [5.74, 6) is 1.81. The van der Waals surface area contributed by atoms with Crippen LogP contribution in [0.4, 0.5) is 0 Å². The van der Waals surface area contributed by atoms with Gasteiger partial charge in [0.05, 0.1) is 22.7 Å². The first-order valence-corrected chi connectivity index (χ1v) is 11.3. The molecule has 0 radical (unpaired) electrons. The van der Waals surface area contributed by atoms with Crippen LogP contribution in [0.15, 0.2) is 36.4 Å². The van der Waals surface area contributed by atoms with E-state index in [-0.39, 0.29) is 0 Å². The molecular weight excluding hydrogens is 368 g/mol. The summed E-state index contributed by atoms with van der Waals surface area (Å²) in [6.07, 6.45) is 7.14. The number of fused-ring (bicyclic) bond motifs is 2. The van der Waals surface area contributed by atoms with E-state index in [0.717, 1.165) is 36.3 Å². The topological polar surface area (TPSA) is 53.6 Å². The standard InChI is InChI=1S/C26H30N4/c1-17-3-10-26-25(11-17)29-18(2)30(26)24-8-6-23(7-9-24)28-16-20-13-21-5-4-19(15-27)12-22(21)14-20/h3-5,10-12,20,23-24,28H,6-9,13-14,16H2,1-2H3/t20-,23?,24?/m0/s1. The Kier molecular flexibility index (Phi) is 5.08. The Labute approximate surface area is 178 Å². The first-order chi connectivity index (χ1) is 14.6. The molecule has 0 spiro atoms. The second kappa shape index (κ2) is 7.89. The van der Waals surface area contributed by atoms with Crippen molar-refractivity contribution in [1.29, 1.82) is 5.26 Å². The first-order valence-electron chi connectivity index (χ1n) is 11.3. The van der Waals surface area contributed by atoms with Gasteiger partial charge in [0, 0.05) is 12.1 Å². The van der Waals surface area contributed by atoms with E-state index in [9.17, 15) is 0 Å². The zero-order chi connectivity index (χ0) is 20.7. The van der Waals surface area contributed by atoms with Gasteiger partial charge >= 0.3 is 0 Å². The minimum Gasteiger partial charge on any atom is -0.325 e. The minimum atomic E-state index is 0.566. The molecule has 4 heteroatoms. The molecule has 0 bridgehead atoms. The molecule has 4 nitrogen and oxygen atoms in total. The van der Waals surface area contributed by atoms with Gasteiger partial charge in [-0.25, -0.2) is 4.98 Å². The minimum absolute atomic E-state index is 0.566. The van der Waals surface area contributed by atoms with E-state index in [1.165, 1.54) is 47.9 Å². The number of nitrogens with one attached hydrogen (secondary N) is 1. The summed E-state index contributed by atoms with van der Waals surface area (Å²) in [5.41, 5.74) is 7.30. The van der Waals surface area contributed by atoms with Gasteiger partial charge in [-0.15, -0.1) is 0 Å². The Morgan fingerprint density at radius 1 is 1.03 bits per heavy atom. The van der Waals surface area contributed by atoms with E-state index in [2.05, 4.69) is 60.1 Å². The molecule has 1 saturated carbocycles. The molecule has 5 rings (SSSR count). The molecule has 2 aromatic carbocycles. The van der Waals surface area contributed by atoms with E-state index in [4.69, 9.17) is 10.2 Å². The molecule has 3 aromatic rings. The van der Waals surface area contributed by atoms with E-state index in [0.29, 0.717) is 18.0 Å². The van der Waals surface area contributed by atoms with E-state index in [1.807, 2.05) is 6.07 Å². The Hall–Kier alpha value is -2.64. The molecule has 1 atom stereocenters. The van der Waals surface area contributed by atoms with Crippen LogP contribution in [-0.4, -0.2) is 22.1 Å². The number of nitrogens with zero attached hydrogens (tertiary/aromatic N) is 3. The second-order valence-electron chi connectivity index (χ2n) is 9.30. The number of nitriles is 1. The molecule has 0 amide bonds. The number of imidazole rings is 1. The van der Waals surface area contributed by atoms with Gasteiger partial charge in [-0.05, 0) is 106 Å². The number of rotatable bonds is 4. The molecule has 1 aromatic heterocycles. The highest BCUT2D eigenvalue weighted by Crippen LogP contribution is 2.33. The molecule has 154 valence electrons. The van der Waals surface area contributed by atoms with Crippen LogP contribution in [0.3, 0.4) is 0 Å². The van der Waals surface area contributed by atoms with Crippen molar-refractivity contribution >= 4 is 11.0 Å². The average Bonchev–Trinajstić information content (AvgIpc) is 3.31. The number of hydrogen-bond acceptors (Lipinski definition) is 3. The van der Waals surface area contributed by atoms with Gasteiger partial charge < -0.3 is 9.88 Å². The molecule has 1 N–H and O–H groups in total. The fourth-order valence-corrected chi connectivity index (χ4v) is 5.58. The summed E-state index contributed by atoms with van der Waals surface area (Å²) in [6.45, 7) is 5.36. The molecule has 1 fully saturated rings. The third kappa shape index (κ3) is 3.63. The van der Waals surface area contributed by atoms with Crippen LogP contribution in [-0.2, 0) is 12.8 Å². The number of aromatic nitrogens is 2. The number of benzene rings is 2. The van der Waals surface area contributed by atoms with Gasteiger partial charge in [-0.3, -0.25) is 0 Å². The van der Waals surface area contributed by atoms with E-state index < -0.39 is 0 Å². The van der Waals surface area contributed by atoms with Gasteiger partial charge in [0.15, 0.2) is 0 Å². The second-order valence-corrected chi connectivity index (χ2v) is 9.30. The van der Waals surface area contributed by atoms with Crippen LogP contribution in [0.1, 0.15) is 59.8 Å². The molecule has 30 heavy (non-hydrogen) atoms. The maximum atomic E-state index is 9.12. The fourth-order valence-electron chi connectivity index (χ4n) is 5.58. The quantitative estimate of drug-likeness (QED) is 0.672. The van der Waals surface area contributed by atoms with E-state index in [1.54, 1.807) is 0 Å². The van der Waals surface area contributed by atoms with Crippen LogP contribution in [0.5, 0.6) is 0 Å². The lowest BCUT2D eigenvalue weighted by molar-refractivity contribution is 0.283. The number of hydrogen-bond donors (Lipinski definition) is 1. The van der Waals surface area contributed by atoms with Gasteiger partial charge in [0.2, 0.25) is 0 Å².